The van der Waals surface area contributed by atoms with Crippen molar-refractivity contribution < 1.29 is 0 Å². The minimum atomic E-state index is -0.208. The van der Waals surface area contributed by atoms with E-state index < -0.39 is 0 Å². The molecule has 2 aromatic heterocycles. The van der Waals surface area contributed by atoms with E-state index in [0.29, 0.717) is 11.5 Å². The van der Waals surface area contributed by atoms with Crippen LogP contribution in [0, 0.1) is 0 Å². The van der Waals surface area contributed by atoms with E-state index in [4.69, 9.17) is 5.73 Å². The molecule has 5 nitrogen and oxygen atoms in total. The van der Waals surface area contributed by atoms with E-state index >= 15 is 0 Å². The summed E-state index contributed by atoms with van der Waals surface area (Å²) in [5.74, 6) is 0.659. The second-order valence-corrected chi connectivity index (χ2v) is 5.26. The lowest BCUT2D eigenvalue weighted by Gasteiger charge is -2.05. The van der Waals surface area contributed by atoms with Gasteiger partial charge in [0.05, 0.1) is 11.7 Å². The first kappa shape index (κ1) is 12.3. The highest BCUT2D eigenvalue weighted by atomic mass is 79.9. The van der Waals surface area contributed by atoms with Crippen LogP contribution in [0.1, 0.15) is 18.8 Å². The third-order valence-electron chi connectivity index (χ3n) is 2.81. The molecule has 1 atom stereocenters. The SMILES string of the molecule is C[C@H](N)c1nnc2ccc(-c3cccc(Br)c3)nn12. The number of nitrogens with zero attached hydrogens (tertiary/aromatic N) is 4. The highest BCUT2D eigenvalue weighted by molar-refractivity contribution is 9.10. The van der Waals surface area contributed by atoms with Crippen LogP contribution in [0.25, 0.3) is 16.9 Å². The van der Waals surface area contributed by atoms with Gasteiger partial charge in [0.2, 0.25) is 0 Å². The number of hydrogen-bond donors (Lipinski definition) is 1. The fourth-order valence-corrected chi connectivity index (χ4v) is 2.29. The van der Waals surface area contributed by atoms with Crippen molar-refractivity contribution in [2.75, 3.05) is 0 Å². The smallest absolute Gasteiger partial charge is 0.178 e. The highest BCUT2D eigenvalue weighted by Crippen LogP contribution is 2.21. The monoisotopic (exact) mass is 317 g/mol. The molecule has 0 aliphatic rings. The summed E-state index contributed by atoms with van der Waals surface area (Å²) >= 11 is 3.46. The summed E-state index contributed by atoms with van der Waals surface area (Å²) in [5.41, 5.74) is 8.45. The Morgan fingerprint density at radius 2 is 2.05 bits per heavy atom. The van der Waals surface area contributed by atoms with Crippen LogP contribution in [0.2, 0.25) is 0 Å². The van der Waals surface area contributed by atoms with E-state index in [0.717, 1.165) is 15.7 Å². The van der Waals surface area contributed by atoms with Gasteiger partial charge in [-0.3, -0.25) is 0 Å². The number of benzene rings is 1. The molecule has 0 saturated carbocycles. The van der Waals surface area contributed by atoms with Crippen LogP contribution in [0.3, 0.4) is 0 Å². The number of hydrogen-bond acceptors (Lipinski definition) is 4. The predicted octanol–water partition coefficient (Wildman–Crippen LogP) is 2.57. The van der Waals surface area contributed by atoms with E-state index in [2.05, 4.69) is 31.2 Å². The Hall–Kier alpha value is -1.79. The van der Waals surface area contributed by atoms with Crippen molar-refractivity contribution in [3.05, 3.63) is 46.7 Å². The zero-order valence-electron chi connectivity index (χ0n) is 10.3. The van der Waals surface area contributed by atoms with Crippen molar-refractivity contribution >= 4 is 21.6 Å². The maximum absolute atomic E-state index is 5.87. The first-order valence-corrected chi connectivity index (χ1v) is 6.68. The van der Waals surface area contributed by atoms with Crippen LogP contribution < -0.4 is 5.73 Å². The quantitative estimate of drug-likeness (QED) is 0.788. The molecule has 2 N–H and O–H groups in total. The van der Waals surface area contributed by atoms with Crippen molar-refractivity contribution in [1.29, 1.82) is 0 Å². The van der Waals surface area contributed by atoms with E-state index in [1.54, 1.807) is 4.52 Å². The Balaban J connectivity index is 2.18. The van der Waals surface area contributed by atoms with E-state index in [-0.39, 0.29) is 6.04 Å². The fourth-order valence-electron chi connectivity index (χ4n) is 1.89. The minimum Gasteiger partial charge on any atom is -0.321 e. The molecule has 0 bridgehead atoms. The van der Waals surface area contributed by atoms with E-state index in [9.17, 15) is 0 Å². The predicted molar refractivity (Wildman–Crippen MR) is 76.5 cm³/mol. The van der Waals surface area contributed by atoms with Gasteiger partial charge in [-0.2, -0.15) is 9.61 Å². The third-order valence-corrected chi connectivity index (χ3v) is 3.31. The molecular weight excluding hydrogens is 306 g/mol. The van der Waals surface area contributed by atoms with Gasteiger partial charge in [0, 0.05) is 10.0 Å². The first-order chi connectivity index (χ1) is 9.15. The normalized spacial score (nSPS) is 12.8. The molecule has 6 heteroatoms. The average Bonchev–Trinajstić information content (AvgIpc) is 2.81. The molecule has 0 aliphatic carbocycles. The van der Waals surface area contributed by atoms with Crippen LogP contribution >= 0.6 is 15.9 Å². The lowest BCUT2D eigenvalue weighted by molar-refractivity contribution is 0.696. The van der Waals surface area contributed by atoms with Gasteiger partial charge in [-0.1, -0.05) is 28.1 Å². The topological polar surface area (TPSA) is 69.1 Å². The Morgan fingerprint density at radius 3 is 2.79 bits per heavy atom. The molecule has 3 aromatic rings. The Kier molecular flexibility index (Phi) is 3.04. The maximum atomic E-state index is 5.87. The second kappa shape index (κ2) is 4.71. The largest absolute Gasteiger partial charge is 0.321 e. The maximum Gasteiger partial charge on any atom is 0.178 e. The molecule has 0 aliphatic heterocycles. The zero-order valence-corrected chi connectivity index (χ0v) is 11.9. The summed E-state index contributed by atoms with van der Waals surface area (Å²) in [7, 11) is 0. The molecule has 0 unspecified atom stereocenters. The number of fused-ring (bicyclic) bond motifs is 1. The molecule has 3 rings (SSSR count). The number of nitrogens with two attached hydrogens (primary N) is 1. The summed E-state index contributed by atoms with van der Waals surface area (Å²) in [4.78, 5) is 0. The van der Waals surface area contributed by atoms with Gasteiger partial charge >= 0.3 is 0 Å². The number of rotatable bonds is 2. The van der Waals surface area contributed by atoms with Crippen LogP contribution in [0.5, 0.6) is 0 Å². The van der Waals surface area contributed by atoms with Gasteiger partial charge in [0.25, 0.3) is 0 Å². The lowest BCUT2D eigenvalue weighted by atomic mass is 10.1. The average molecular weight is 318 g/mol. The Labute approximate surface area is 118 Å². The summed E-state index contributed by atoms with van der Waals surface area (Å²) in [6.45, 7) is 1.86. The molecule has 0 radical (unpaired) electrons. The minimum absolute atomic E-state index is 0.208. The summed E-state index contributed by atoms with van der Waals surface area (Å²) in [6, 6.07) is 11.6. The van der Waals surface area contributed by atoms with Crippen molar-refractivity contribution in [2.24, 2.45) is 5.73 Å². The number of halogens is 1. The standard InChI is InChI=1S/C13H12BrN5/c1-8(15)13-17-16-12-6-5-11(18-19(12)13)9-3-2-4-10(14)7-9/h2-8H,15H2,1H3/t8-/m0/s1. The molecule has 1 aromatic carbocycles. The molecular formula is C13H12BrN5. The second-order valence-electron chi connectivity index (χ2n) is 4.35. The van der Waals surface area contributed by atoms with Gasteiger partial charge in [0.15, 0.2) is 11.5 Å². The molecule has 0 fully saturated rings. The molecule has 19 heavy (non-hydrogen) atoms. The van der Waals surface area contributed by atoms with E-state index in [1.807, 2.05) is 43.3 Å². The van der Waals surface area contributed by atoms with E-state index in [1.165, 1.54) is 0 Å². The van der Waals surface area contributed by atoms with Crippen LogP contribution in [-0.2, 0) is 0 Å². The van der Waals surface area contributed by atoms with Gasteiger partial charge in [-0.05, 0) is 31.2 Å². The van der Waals surface area contributed by atoms with Crippen LogP contribution in [-0.4, -0.2) is 19.8 Å². The first-order valence-electron chi connectivity index (χ1n) is 5.89. The molecule has 0 amide bonds. The summed E-state index contributed by atoms with van der Waals surface area (Å²) < 4.78 is 2.71. The number of aromatic nitrogens is 4. The lowest BCUT2D eigenvalue weighted by Crippen LogP contribution is -2.11. The van der Waals surface area contributed by atoms with Crippen molar-refractivity contribution in [3.8, 4) is 11.3 Å². The fraction of sp³-hybridized carbons (Fsp3) is 0.154. The third kappa shape index (κ3) is 2.24. The Bertz CT molecular complexity index is 735. The molecule has 96 valence electrons. The summed E-state index contributed by atoms with van der Waals surface area (Å²) in [6.07, 6.45) is 0. The Morgan fingerprint density at radius 1 is 1.21 bits per heavy atom. The van der Waals surface area contributed by atoms with Crippen molar-refractivity contribution in [1.82, 2.24) is 19.8 Å². The summed E-state index contributed by atoms with van der Waals surface area (Å²) in [5, 5.41) is 12.7. The van der Waals surface area contributed by atoms with Gasteiger partial charge in [-0.25, -0.2) is 0 Å². The van der Waals surface area contributed by atoms with Crippen LogP contribution in [0.15, 0.2) is 40.9 Å². The van der Waals surface area contributed by atoms with Gasteiger partial charge in [0.1, 0.15) is 0 Å². The van der Waals surface area contributed by atoms with Crippen molar-refractivity contribution in [2.45, 2.75) is 13.0 Å². The zero-order chi connectivity index (χ0) is 13.4. The van der Waals surface area contributed by atoms with Gasteiger partial charge in [-0.15, -0.1) is 10.2 Å². The van der Waals surface area contributed by atoms with Crippen LogP contribution in [0.4, 0.5) is 0 Å². The molecule has 2 heterocycles. The molecule has 0 spiro atoms. The van der Waals surface area contributed by atoms with Gasteiger partial charge < -0.3 is 5.73 Å². The van der Waals surface area contributed by atoms with Crippen molar-refractivity contribution in [3.63, 3.8) is 0 Å². The molecule has 0 saturated heterocycles. The highest BCUT2D eigenvalue weighted by Gasteiger charge is 2.11.